The van der Waals surface area contributed by atoms with Gasteiger partial charge in [0.1, 0.15) is 11.7 Å². The van der Waals surface area contributed by atoms with Gasteiger partial charge >= 0.3 is 0 Å². The van der Waals surface area contributed by atoms with Gasteiger partial charge < -0.3 is 5.32 Å². The van der Waals surface area contributed by atoms with Gasteiger partial charge in [-0.3, -0.25) is 14.5 Å². The highest BCUT2D eigenvalue weighted by Gasteiger charge is 2.36. The van der Waals surface area contributed by atoms with Gasteiger partial charge in [0.15, 0.2) is 0 Å². The number of rotatable bonds is 6. The van der Waals surface area contributed by atoms with Crippen molar-refractivity contribution in [3.05, 3.63) is 65.5 Å². The van der Waals surface area contributed by atoms with Crippen LogP contribution in [0.5, 0.6) is 0 Å². The van der Waals surface area contributed by atoms with Crippen LogP contribution < -0.4 is 10.0 Å². The molecule has 4 rings (SSSR count). The van der Waals surface area contributed by atoms with Crippen molar-refractivity contribution >= 4 is 21.8 Å². The molecule has 1 heterocycles. The second kappa shape index (κ2) is 8.18. The van der Waals surface area contributed by atoms with E-state index in [0.717, 1.165) is 31.2 Å². The number of hydrogen-bond donors (Lipinski definition) is 2. The van der Waals surface area contributed by atoms with E-state index in [1.54, 1.807) is 18.2 Å². The van der Waals surface area contributed by atoms with E-state index in [1.807, 2.05) is 12.1 Å². The van der Waals surface area contributed by atoms with Crippen molar-refractivity contribution in [2.45, 2.75) is 42.4 Å². The number of carbonyl (C=O) groups excluding carboxylic acids is 1. The van der Waals surface area contributed by atoms with E-state index in [9.17, 15) is 17.6 Å². The quantitative estimate of drug-likeness (QED) is 0.740. The zero-order valence-corrected chi connectivity index (χ0v) is 17.3. The highest BCUT2D eigenvalue weighted by molar-refractivity contribution is 7.90. The number of amides is 1. The first-order valence-electron chi connectivity index (χ1n) is 10.1. The van der Waals surface area contributed by atoms with Crippen LogP contribution in [0.15, 0.2) is 58.4 Å². The fourth-order valence-corrected chi connectivity index (χ4v) is 5.55. The molecule has 0 unspecified atom stereocenters. The molecule has 0 bridgehead atoms. The standard InChI is InChI=1S/C22H24FN3O3S/c23-17-9-7-16(8-10-17)22(12-3-4-13-22)15-25-20(27)11-14-24-21-18-5-1-2-6-19(18)30(28,29)26-21/h1-2,5-10H,3-4,11-15H2,(H,24,26)(H,25,27). The Morgan fingerprint density at radius 3 is 2.53 bits per heavy atom. The number of benzene rings is 2. The summed E-state index contributed by atoms with van der Waals surface area (Å²) in [6.07, 6.45) is 4.24. The normalized spacial score (nSPS) is 20.0. The molecule has 6 nitrogen and oxygen atoms in total. The predicted molar refractivity (Wildman–Crippen MR) is 112 cm³/mol. The number of halogens is 1. The van der Waals surface area contributed by atoms with Crippen LogP contribution in [0, 0.1) is 5.82 Å². The monoisotopic (exact) mass is 429 g/mol. The molecule has 2 aromatic carbocycles. The summed E-state index contributed by atoms with van der Waals surface area (Å²) in [5.41, 5.74) is 1.42. The molecule has 8 heteroatoms. The zero-order valence-electron chi connectivity index (χ0n) is 16.5. The predicted octanol–water partition coefficient (Wildman–Crippen LogP) is 2.88. The molecule has 0 spiro atoms. The number of nitrogens with zero attached hydrogens (tertiary/aromatic N) is 1. The summed E-state index contributed by atoms with van der Waals surface area (Å²) in [7, 11) is -3.58. The summed E-state index contributed by atoms with van der Waals surface area (Å²) < 4.78 is 39.9. The van der Waals surface area contributed by atoms with Crippen molar-refractivity contribution < 1.29 is 17.6 Å². The highest BCUT2D eigenvalue weighted by atomic mass is 32.2. The Kier molecular flexibility index (Phi) is 5.60. The van der Waals surface area contributed by atoms with Crippen molar-refractivity contribution in [2.75, 3.05) is 13.1 Å². The van der Waals surface area contributed by atoms with Crippen LogP contribution in [0.3, 0.4) is 0 Å². The van der Waals surface area contributed by atoms with E-state index in [4.69, 9.17) is 0 Å². The third kappa shape index (κ3) is 4.09. The zero-order chi connectivity index (χ0) is 21.2. The van der Waals surface area contributed by atoms with Crippen molar-refractivity contribution in [3.8, 4) is 0 Å². The first-order chi connectivity index (χ1) is 14.4. The second-order valence-electron chi connectivity index (χ2n) is 7.85. The van der Waals surface area contributed by atoms with Gasteiger partial charge in [-0.15, -0.1) is 0 Å². The summed E-state index contributed by atoms with van der Waals surface area (Å²) in [6, 6.07) is 13.2. The molecule has 2 aliphatic rings. The Labute approximate surface area is 175 Å². The van der Waals surface area contributed by atoms with E-state index in [-0.39, 0.29) is 40.8 Å². The van der Waals surface area contributed by atoms with Gasteiger partial charge in [0.05, 0.1) is 11.4 Å². The minimum atomic E-state index is -3.58. The molecule has 1 aliphatic carbocycles. The maximum Gasteiger partial charge on any atom is 0.263 e. The van der Waals surface area contributed by atoms with Crippen LogP contribution in [0.4, 0.5) is 4.39 Å². The van der Waals surface area contributed by atoms with E-state index < -0.39 is 10.0 Å². The van der Waals surface area contributed by atoms with Gasteiger partial charge in [-0.2, -0.15) is 0 Å². The van der Waals surface area contributed by atoms with Crippen LogP contribution in [0.25, 0.3) is 0 Å². The number of carbonyl (C=O) groups is 1. The molecule has 2 N–H and O–H groups in total. The number of sulfonamides is 1. The Hall–Kier alpha value is -2.74. The van der Waals surface area contributed by atoms with Gasteiger partial charge in [-0.25, -0.2) is 12.8 Å². The fraction of sp³-hybridized carbons (Fsp3) is 0.364. The fourth-order valence-electron chi connectivity index (χ4n) is 4.30. The summed E-state index contributed by atoms with van der Waals surface area (Å²) in [5.74, 6) is -0.127. The number of amidine groups is 1. The molecule has 1 saturated carbocycles. The molecule has 158 valence electrons. The Morgan fingerprint density at radius 1 is 1.10 bits per heavy atom. The lowest BCUT2D eigenvalue weighted by atomic mass is 9.79. The molecule has 1 amide bonds. The molecule has 0 saturated heterocycles. The van der Waals surface area contributed by atoms with Crippen molar-refractivity contribution in [3.63, 3.8) is 0 Å². The summed E-state index contributed by atoms with van der Waals surface area (Å²) in [5, 5.41) is 3.00. The molecule has 30 heavy (non-hydrogen) atoms. The van der Waals surface area contributed by atoms with Crippen LogP contribution in [0.1, 0.15) is 43.2 Å². The molecule has 0 aromatic heterocycles. The van der Waals surface area contributed by atoms with Crippen molar-refractivity contribution in [2.24, 2.45) is 4.99 Å². The molecule has 1 fully saturated rings. The topological polar surface area (TPSA) is 87.6 Å². The Bertz CT molecular complexity index is 1080. The molecule has 0 atom stereocenters. The number of fused-ring (bicyclic) bond motifs is 1. The molecular formula is C22H24FN3O3S. The van der Waals surface area contributed by atoms with Crippen molar-refractivity contribution in [1.29, 1.82) is 0 Å². The van der Waals surface area contributed by atoms with E-state index in [2.05, 4.69) is 15.0 Å². The number of hydrogen-bond acceptors (Lipinski definition) is 4. The summed E-state index contributed by atoms with van der Waals surface area (Å²) >= 11 is 0. The minimum Gasteiger partial charge on any atom is -0.355 e. The first-order valence-corrected chi connectivity index (χ1v) is 11.6. The molecule has 0 radical (unpaired) electrons. The summed E-state index contributed by atoms with van der Waals surface area (Å²) in [4.78, 5) is 16.9. The average molecular weight is 430 g/mol. The minimum absolute atomic E-state index is 0.137. The first kappa shape index (κ1) is 20.5. The maximum absolute atomic E-state index is 13.3. The maximum atomic E-state index is 13.3. The highest BCUT2D eigenvalue weighted by Crippen LogP contribution is 2.40. The van der Waals surface area contributed by atoms with Gasteiger partial charge in [0.2, 0.25) is 5.91 Å². The summed E-state index contributed by atoms with van der Waals surface area (Å²) in [6.45, 7) is 0.686. The van der Waals surface area contributed by atoms with Gasteiger partial charge in [-0.05, 0) is 42.7 Å². The Morgan fingerprint density at radius 2 is 1.80 bits per heavy atom. The van der Waals surface area contributed by atoms with Crippen molar-refractivity contribution in [1.82, 2.24) is 10.0 Å². The van der Waals surface area contributed by atoms with Crippen LogP contribution in [-0.2, 0) is 20.2 Å². The Balaban J connectivity index is 1.36. The number of aliphatic imine (C=N–C) groups is 1. The molecular weight excluding hydrogens is 405 g/mol. The van der Waals surface area contributed by atoms with Crippen LogP contribution >= 0.6 is 0 Å². The van der Waals surface area contributed by atoms with Crippen LogP contribution in [0.2, 0.25) is 0 Å². The third-order valence-electron chi connectivity index (χ3n) is 5.91. The van der Waals surface area contributed by atoms with Gasteiger partial charge in [0, 0.05) is 23.9 Å². The largest absolute Gasteiger partial charge is 0.355 e. The van der Waals surface area contributed by atoms with Gasteiger partial charge in [-0.1, -0.05) is 37.1 Å². The van der Waals surface area contributed by atoms with Gasteiger partial charge in [0.25, 0.3) is 10.0 Å². The third-order valence-corrected chi connectivity index (χ3v) is 7.31. The SMILES string of the molecule is O=C(CCN=C1NS(=O)(=O)c2ccccc21)NCC1(c2ccc(F)cc2)CCCC1. The lowest BCUT2D eigenvalue weighted by Gasteiger charge is -2.30. The van der Waals surface area contributed by atoms with E-state index in [1.165, 1.54) is 18.2 Å². The lowest BCUT2D eigenvalue weighted by Crippen LogP contribution is -2.39. The number of nitrogens with one attached hydrogen (secondary N) is 2. The smallest absolute Gasteiger partial charge is 0.263 e. The van der Waals surface area contributed by atoms with E-state index >= 15 is 0 Å². The average Bonchev–Trinajstić information content (AvgIpc) is 3.31. The second-order valence-corrected chi connectivity index (χ2v) is 9.50. The molecule has 2 aromatic rings. The van der Waals surface area contributed by atoms with Crippen LogP contribution in [-0.4, -0.2) is 33.3 Å². The molecule has 1 aliphatic heterocycles. The van der Waals surface area contributed by atoms with E-state index in [0.29, 0.717) is 12.1 Å². The lowest BCUT2D eigenvalue weighted by molar-refractivity contribution is -0.121.